The quantitative estimate of drug-likeness (QED) is 0.536. The highest BCUT2D eigenvalue weighted by atomic mass is 16.5. The van der Waals surface area contributed by atoms with Crippen molar-refractivity contribution in [3.8, 4) is 0 Å². The van der Waals surface area contributed by atoms with Gasteiger partial charge in [-0.3, -0.25) is 9.59 Å². The lowest BCUT2D eigenvalue weighted by Crippen LogP contribution is -2.28. The van der Waals surface area contributed by atoms with Crippen LogP contribution in [0.2, 0.25) is 0 Å². The molecule has 2 N–H and O–H groups in total. The van der Waals surface area contributed by atoms with Gasteiger partial charge in [-0.05, 0) is 28.8 Å². The molecule has 30 heavy (non-hydrogen) atoms. The Morgan fingerprint density at radius 1 is 0.833 bits per heavy atom. The molecule has 0 heterocycles. The summed E-state index contributed by atoms with van der Waals surface area (Å²) in [6.45, 7) is 0.977. The first-order valence-corrected chi connectivity index (χ1v) is 9.92. The molecular formula is C25H26N2O3. The van der Waals surface area contributed by atoms with Gasteiger partial charge in [0.2, 0.25) is 11.8 Å². The van der Waals surface area contributed by atoms with Crippen LogP contribution in [0, 0.1) is 0 Å². The lowest BCUT2D eigenvalue weighted by Gasteiger charge is -2.18. The zero-order valence-corrected chi connectivity index (χ0v) is 17.0. The van der Waals surface area contributed by atoms with E-state index in [4.69, 9.17) is 4.74 Å². The Kier molecular flexibility index (Phi) is 7.75. The fourth-order valence-corrected chi connectivity index (χ4v) is 3.25. The topological polar surface area (TPSA) is 67.4 Å². The molecule has 0 saturated heterocycles. The Morgan fingerprint density at radius 3 is 1.93 bits per heavy atom. The molecule has 3 rings (SSSR count). The zero-order chi connectivity index (χ0) is 21.2. The van der Waals surface area contributed by atoms with E-state index < -0.39 is 5.92 Å². The van der Waals surface area contributed by atoms with Crippen molar-refractivity contribution in [1.82, 2.24) is 5.32 Å². The molecule has 0 fully saturated rings. The molecule has 0 bridgehead atoms. The summed E-state index contributed by atoms with van der Waals surface area (Å²) in [4.78, 5) is 25.1. The molecule has 5 heteroatoms. The van der Waals surface area contributed by atoms with Gasteiger partial charge in [0.05, 0.1) is 18.9 Å². The summed E-state index contributed by atoms with van der Waals surface area (Å²) in [6.07, 6.45) is 0.286. The number of carbonyl (C=O) groups excluding carboxylic acids is 2. The van der Waals surface area contributed by atoms with Gasteiger partial charge in [0, 0.05) is 19.3 Å². The second kappa shape index (κ2) is 10.9. The van der Waals surface area contributed by atoms with E-state index in [9.17, 15) is 9.59 Å². The minimum absolute atomic E-state index is 0.0583. The largest absolute Gasteiger partial charge is 0.383 e. The lowest BCUT2D eigenvalue weighted by molar-refractivity contribution is -0.120. The summed E-state index contributed by atoms with van der Waals surface area (Å²) in [6, 6.07) is 26.8. The fourth-order valence-electron chi connectivity index (χ4n) is 3.25. The van der Waals surface area contributed by atoms with Crippen molar-refractivity contribution in [2.75, 3.05) is 25.6 Å². The molecule has 0 aliphatic rings. The van der Waals surface area contributed by atoms with Gasteiger partial charge in [-0.2, -0.15) is 0 Å². The molecule has 0 aromatic heterocycles. The molecule has 2 amide bonds. The summed E-state index contributed by atoms with van der Waals surface area (Å²) in [5.74, 6) is -0.562. The van der Waals surface area contributed by atoms with Gasteiger partial charge < -0.3 is 15.4 Å². The van der Waals surface area contributed by atoms with E-state index >= 15 is 0 Å². The lowest BCUT2D eigenvalue weighted by atomic mass is 9.90. The molecule has 0 aliphatic heterocycles. The minimum atomic E-state index is -0.404. The van der Waals surface area contributed by atoms with E-state index in [1.807, 2.05) is 84.9 Å². The SMILES string of the molecule is COCCNC(=O)Cc1ccc(NC(=O)C(c2ccccc2)c2ccccc2)cc1. The summed E-state index contributed by atoms with van der Waals surface area (Å²) < 4.78 is 4.92. The second-order valence-corrected chi connectivity index (χ2v) is 6.96. The van der Waals surface area contributed by atoms with Crippen LogP contribution >= 0.6 is 0 Å². The normalized spacial score (nSPS) is 10.6. The van der Waals surface area contributed by atoms with Gasteiger partial charge in [0.25, 0.3) is 0 Å². The predicted octanol–water partition coefficient (Wildman–Crippen LogP) is 3.76. The molecule has 0 aliphatic carbocycles. The van der Waals surface area contributed by atoms with Gasteiger partial charge in [-0.1, -0.05) is 72.8 Å². The first kappa shape index (κ1) is 21.3. The van der Waals surface area contributed by atoms with Gasteiger partial charge in [-0.15, -0.1) is 0 Å². The van der Waals surface area contributed by atoms with Crippen LogP contribution in [-0.4, -0.2) is 32.1 Å². The number of carbonyl (C=O) groups is 2. The van der Waals surface area contributed by atoms with Crippen molar-refractivity contribution < 1.29 is 14.3 Å². The van der Waals surface area contributed by atoms with Crippen molar-refractivity contribution in [3.05, 3.63) is 102 Å². The molecule has 3 aromatic carbocycles. The summed E-state index contributed by atoms with van der Waals surface area (Å²) >= 11 is 0. The van der Waals surface area contributed by atoms with Crippen LogP contribution < -0.4 is 10.6 Å². The first-order valence-electron chi connectivity index (χ1n) is 9.92. The third-order valence-corrected chi connectivity index (χ3v) is 4.74. The Balaban J connectivity index is 1.68. The van der Waals surface area contributed by atoms with Gasteiger partial charge >= 0.3 is 0 Å². The predicted molar refractivity (Wildman–Crippen MR) is 118 cm³/mol. The van der Waals surface area contributed by atoms with Crippen molar-refractivity contribution in [2.24, 2.45) is 0 Å². The highest BCUT2D eigenvalue weighted by Gasteiger charge is 2.22. The standard InChI is InChI=1S/C25H26N2O3/c1-30-17-16-26-23(28)18-19-12-14-22(15-13-19)27-25(29)24(20-8-4-2-5-9-20)21-10-6-3-7-11-21/h2-15,24H,16-18H2,1H3,(H,26,28)(H,27,29). The van der Waals surface area contributed by atoms with Crippen LogP contribution in [0.5, 0.6) is 0 Å². The second-order valence-electron chi connectivity index (χ2n) is 6.96. The number of nitrogens with one attached hydrogen (secondary N) is 2. The fraction of sp³-hybridized carbons (Fsp3) is 0.200. The van der Waals surface area contributed by atoms with Gasteiger partial charge in [-0.25, -0.2) is 0 Å². The summed E-state index contributed by atoms with van der Waals surface area (Å²) in [7, 11) is 1.60. The summed E-state index contributed by atoms with van der Waals surface area (Å²) in [5.41, 5.74) is 3.45. The molecule has 154 valence electrons. The molecule has 0 saturated carbocycles. The highest BCUT2D eigenvalue weighted by molar-refractivity contribution is 5.98. The van der Waals surface area contributed by atoms with Crippen LogP contribution in [0.1, 0.15) is 22.6 Å². The number of benzene rings is 3. The monoisotopic (exact) mass is 402 g/mol. The number of hydrogen-bond donors (Lipinski definition) is 2. The van der Waals surface area contributed by atoms with Crippen LogP contribution in [0.25, 0.3) is 0 Å². The Hall–Kier alpha value is -3.44. The maximum atomic E-state index is 13.1. The number of methoxy groups -OCH3 is 1. The number of hydrogen-bond acceptors (Lipinski definition) is 3. The average molecular weight is 402 g/mol. The van der Waals surface area contributed by atoms with Crippen LogP contribution in [0.4, 0.5) is 5.69 Å². The third-order valence-electron chi connectivity index (χ3n) is 4.74. The third kappa shape index (κ3) is 6.03. The highest BCUT2D eigenvalue weighted by Crippen LogP contribution is 2.26. The van der Waals surface area contributed by atoms with E-state index in [-0.39, 0.29) is 18.2 Å². The maximum Gasteiger partial charge on any atom is 0.236 e. The van der Waals surface area contributed by atoms with Gasteiger partial charge in [0.1, 0.15) is 0 Å². The number of rotatable bonds is 9. The van der Waals surface area contributed by atoms with E-state index in [0.717, 1.165) is 16.7 Å². The molecule has 0 unspecified atom stereocenters. The van der Waals surface area contributed by atoms with Crippen molar-refractivity contribution >= 4 is 17.5 Å². The van der Waals surface area contributed by atoms with E-state index in [0.29, 0.717) is 18.8 Å². The van der Waals surface area contributed by atoms with Crippen LogP contribution in [0.3, 0.4) is 0 Å². The molecule has 0 atom stereocenters. The smallest absolute Gasteiger partial charge is 0.236 e. The molecule has 3 aromatic rings. The van der Waals surface area contributed by atoms with Crippen LogP contribution in [-0.2, 0) is 20.7 Å². The average Bonchev–Trinajstić information content (AvgIpc) is 2.77. The number of ether oxygens (including phenoxy) is 1. The van der Waals surface area contributed by atoms with Gasteiger partial charge in [0.15, 0.2) is 0 Å². The van der Waals surface area contributed by atoms with Crippen molar-refractivity contribution in [2.45, 2.75) is 12.3 Å². The molecule has 0 spiro atoms. The maximum absolute atomic E-state index is 13.1. The zero-order valence-electron chi connectivity index (χ0n) is 17.0. The molecule has 0 radical (unpaired) electrons. The molecule has 5 nitrogen and oxygen atoms in total. The van der Waals surface area contributed by atoms with Crippen LogP contribution in [0.15, 0.2) is 84.9 Å². The Morgan fingerprint density at radius 2 is 1.40 bits per heavy atom. The summed E-state index contributed by atoms with van der Waals surface area (Å²) in [5, 5.41) is 5.80. The Labute approximate surface area is 177 Å². The Bertz CT molecular complexity index is 902. The van der Waals surface area contributed by atoms with E-state index in [1.54, 1.807) is 7.11 Å². The van der Waals surface area contributed by atoms with E-state index in [1.165, 1.54) is 0 Å². The van der Waals surface area contributed by atoms with Crippen molar-refractivity contribution in [1.29, 1.82) is 0 Å². The first-order chi connectivity index (χ1) is 14.7. The number of amides is 2. The van der Waals surface area contributed by atoms with E-state index in [2.05, 4.69) is 10.6 Å². The van der Waals surface area contributed by atoms with Crippen molar-refractivity contribution in [3.63, 3.8) is 0 Å². The number of anilines is 1. The molecular weight excluding hydrogens is 376 g/mol. The minimum Gasteiger partial charge on any atom is -0.383 e.